The van der Waals surface area contributed by atoms with Gasteiger partial charge in [-0.3, -0.25) is 0 Å². The second-order valence-corrected chi connectivity index (χ2v) is 7.45. The van der Waals surface area contributed by atoms with Crippen LogP contribution in [0.4, 0.5) is 0 Å². The summed E-state index contributed by atoms with van der Waals surface area (Å²) in [5.41, 5.74) is -0.505. The van der Waals surface area contributed by atoms with Gasteiger partial charge < -0.3 is 15.3 Å². The van der Waals surface area contributed by atoms with Crippen LogP contribution in [0.3, 0.4) is 0 Å². The Morgan fingerprint density at radius 2 is 1.67 bits per heavy atom. The van der Waals surface area contributed by atoms with Crippen LogP contribution in [-0.4, -0.2) is 47.3 Å². The third-order valence-corrected chi connectivity index (χ3v) is 6.10. The molecule has 3 nitrogen and oxygen atoms in total. The van der Waals surface area contributed by atoms with Gasteiger partial charge in [-0.2, -0.15) is 0 Å². The highest BCUT2D eigenvalue weighted by Crippen LogP contribution is 2.30. The van der Waals surface area contributed by atoms with Crippen molar-refractivity contribution in [3.05, 3.63) is 0 Å². The first-order valence-electron chi connectivity index (χ1n) is 9.28. The van der Waals surface area contributed by atoms with E-state index in [4.69, 9.17) is 0 Å². The number of rotatable bonds is 6. The van der Waals surface area contributed by atoms with Gasteiger partial charge in [0.1, 0.15) is 0 Å². The monoisotopic (exact) mass is 296 g/mol. The highest BCUT2D eigenvalue weighted by Gasteiger charge is 2.31. The molecule has 0 radical (unpaired) electrons. The van der Waals surface area contributed by atoms with Crippen molar-refractivity contribution in [3.63, 3.8) is 0 Å². The van der Waals surface area contributed by atoms with E-state index < -0.39 is 5.60 Å². The molecule has 1 aliphatic carbocycles. The fourth-order valence-electron chi connectivity index (χ4n) is 4.11. The zero-order valence-electron chi connectivity index (χ0n) is 14.4. The first-order chi connectivity index (χ1) is 10.1. The SMILES string of the molecule is CCC(O)(CC)CNC1CCN(C2CCCCC2C)CC1. The molecule has 2 N–H and O–H groups in total. The Morgan fingerprint density at radius 3 is 2.24 bits per heavy atom. The van der Waals surface area contributed by atoms with Crippen molar-refractivity contribution < 1.29 is 5.11 Å². The number of nitrogens with one attached hydrogen (secondary N) is 1. The van der Waals surface area contributed by atoms with Gasteiger partial charge in [0.25, 0.3) is 0 Å². The minimum Gasteiger partial charge on any atom is -0.389 e. The van der Waals surface area contributed by atoms with E-state index in [9.17, 15) is 5.11 Å². The van der Waals surface area contributed by atoms with Crippen molar-refractivity contribution in [2.75, 3.05) is 19.6 Å². The Morgan fingerprint density at radius 1 is 1.05 bits per heavy atom. The topological polar surface area (TPSA) is 35.5 Å². The van der Waals surface area contributed by atoms with Crippen LogP contribution in [0.25, 0.3) is 0 Å². The van der Waals surface area contributed by atoms with Crippen molar-refractivity contribution in [3.8, 4) is 0 Å². The van der Waals surface area contributed by atoms with Crippen molar-refractivity contribution in [2.45, 2.75) is 89.8 Å². The summed E-state index contributed by atoms with van der Waals surface area (Å²) in [7, 11) is 0. The maximum Gasteiger partial charge on any atom is 0.0766 e. The first-order valence-corrected chi connectivity index (χ1v) is 9.28. The second-order valence-electron chi connectivity index (χ2n) is 7.45. The maximum atomic E-state index is 10.4. The lowest BCUT2D eigenvalue weighted by Gasteiger charge is -2.43. The van der Waals surface area contributed by atoms with Gasteiger partial charge in [0.2, 0.25) is 0 Å². The molecule has 1 saturated heterocycles. The third kappa shape index (κ3) is 4.67. The predicted octanol–water partition coefficient (Wildman–Crippen LogP) is 3.17. The average molecular weight is 296 g/mol. The number of hydrogen-bond donors (Lipinski definition) is 2. The van der Waals surface area contributed by atoms with Crippen LogP contribution in [0.2, 0.25) is 0 Å². The number of likely N-dealkylation sites (tertiary alicyclic amines) is 1. The van der Waals surface area contributed by atoms with Crippen LogP contribution in [-0.2, 0) is 0 Å². The summed E-state index contributed by atoms with van der Waals surface area (Å²) < 4.78 is 0. The zero-order valence-corrected chi connectivity index (χ0v) is 14.4. The third-order valence-electron chi connectivity index (χ3n) is 6.10. The summed E-state index contributed by atoms with van der Waals surface area (Å²) in [5.74, 6) is 0.883. The lowest BCUT2D eigenvalue weighted by Crippen LogP contribution is -2.51. The van der Waals surface area contributed by atoms with E-state index in [0.29, 0.717) is 6.04 Å². The molecule has 1 aliphatic heterocycles. The summed E-state index contributed by atoms with van der Waals surface area (Å²) >= 11 is 0. The number of hydrogen-bond acceptors (Lipinski definition) is 3. The van der Waals surface area contributed by atoms with E-state index in [1.165, 1.54) is 51.6 Å². The lowest BCUT2D eigenvalue weighted by molar-refractivity contribution is 0.0240. The van der Waals surface area contributed by atoms with Gasteiger partial charge in [-0.05, 0) is 57.5 Å². The minimum atomic E-state index is -0.505. The van der Waals surface area contributed by atoms with Gasteiger partial charge in [-0.15, -0.1) is 0 Å². The highest BCUT2D eigenvalue weighted by molar-refractivity contribution is 4.87. The molecule has 0 amide bonds. The van der Waals surface area contributed by atoms with Crippen LogP contribution in [0.1, 0.15) is 72.1 Å². The molecule has 1 heterocycles. The first kappa shape index (κ1) is 17.2. The summed E-state index contributed by atoms with van der Waals surface area (Å²) in [6, 6.07) is 1.44. The van der Waals surface area contributed by atoms with Gasteiger partial charge in [0.15, 0.2) is 0 Å². The molecule has 2 atom stereocenters. The summed E-state index contributed by atoms with van der Waals surface area (Å²) in [6.07, 6.45) is 9.85. The Kier molecular flexibility index (Phi) is 6.51. The molecule has 2 rings (SSSR count). The number of aliphatic hydroxyl groups is 1. The Hall–Kier alpha value is -0.120. The molecule has 1 saturated carbocycles. The van der Waals surface area contributed by atoms with Gasteiger partial charge >= 0.3 is 0 Å². The summed E-state index contributed by atoms with van der Waals surface area (Å²) in [6.45, 7) is 9.84. The molecule has 2 aliphatic rings. The molecule has 0 bridgehead atoms. The lowest BCUT2D eigenvalue weighted by atomic mass is 9.84. The van der Waals surface area contributed by atoms with Crippen LogP contribution >= 0.6 is 0 Å². The Labute approximate surface area is 131 Å². The van der Waals surface area contributed by atoms with E-state index in [1.807, 2.05) is 0 Å². The minimum absolute atomic E-state index is 0.505. The quantitative estimate of drug-likeness (QED) is 0.790. The van der Waals surface area contributed by atoms with Crippen LogP contribution in [0.15, 0.2) is 0 Å². The van der Waals surface area contributed by atoms with Gasteiger partial charge in [-0.1, -0.05) is 33.6 Å². The average Bonchev–Trinajstić information content (AvgIpc) is 2.54. The van der Waals surface area contributed by atoms with Gasteiger partial charge in [0.05, 0.1) is 5.60 Å². The molecule has 0 spiro atoms. The molecular formula is C18H36N2O. The van der Waals surface area contributed by atoms with E-state index in [0.717, 1.165) is 31.3 Å². The van der Waals surface area contributed by atoms with Gasteiger partial charge in [0, 0.05) is 18.6 Å². The van der Waals surface area contributed by atoms with E-state index in [1.54, 1.807) is 0 Å². The van der Waals surface area contributed by atoms with Crippen molar-refractivity contribution in [1.82, 2.24) is 10.2 Å². The molecule has 2 unspecified atom stereocenters. The van der Waals surface area contributed by atoms with Crippen LogP contribution in [0.5, 0.6) is 0 Å². The second kappa shape index (κ2) is 7.94. The van der Waals surface area contributed by atoms with Crippen molar-refractivity contribution >= 4 is 0 Å². The van der Waals surface area contributed by atoms with Crippen LogP contribution < -0.4 is 5.32 Å². The smallest absolute Gasteiger partial charge is 0.0766 e. The standard InChI is InChI=1S/C18H36N2O/c1-4-18(21,5-2)14-19-16-10-12-20(13-11-16)17-9-7-6-8-15(17)3/h15-17,19,21H,4-14H2,1-3H3. The number of piperidine rings is 1. The fourth-order valence-corrected chi connectivity index (χ4v) is 4.11. The molecule has 2 fully saturated rings. The molecule has 3 heteroatoms. The zero-order chi connectivity index (χ0) is 15.3. The molecule has 0 aromatic heterocycles. The molecular weight excluding hydrogens is 260 g/mol. The molecule has 0 aromatic rings. The highest BCUT2D eigenvalue weighted by atomic mass is 16.3. The van der Waals surface area contributed by atoms with Gasteiger partial charge in [-0.25, -0.2) is 0 Å². The fraction of sp³-hybridized carbons (Fsp3) is 1.00. The van der Waals surface area contributed by atoms with E-state index >= 15 is 0 Å². The van der Waals surface area contributed by atoms with Crippen molar-refractivity contribution in [2.24, 2.45) is 5.92 Å². The largest absolute Gasteiger partial charge is 0.389 e. The maximum absolute atomic E-state index is 10.4. The molecule has 124 valence electrons. The van der Waals surface area contributed by atoms with E-state index in [-0.39, 0.29) is 0 Å². The summed E-state index contributed by atoms with van der Waals surface area (Å²) in [5, 5.41) is 14.0. The molecule has 0 aromatic carbocycles. The van der Waals surface area contributed by atoms with E-state index in [2.05, 4.69) is 31.0 Å². The Bertz CT molecular complexity index is 296. The predicted molar refractivity (Wildman–Crippen MR) is 89.5 cm³/mol. The normalized spacial score (nSPS) is 29.7. The van der Waals surface area contributed by atoms with Crippen LogP contribution in [0, 0.1) is 5.92 Å². The van der Waals surface area contributed by atoms with Crippen molar-refractivity contribution in [1.29, 1.82) is 0 Å². The number of nitrogens with zero attached hydrogens (tertiary/aromatic N) is 1. The summed E-state index contributed by atoms with van der Waals surface area (Å²) in [4.78, 5) is 2.74. The molecule has 21 heavy (non-hydrogen) atoms. The Balaban J connectivity index is 1.73.